The third-order valence-corrected chi connectivity index (χ3v) is 5.00. The SMILES string of the molecule is COc1cc(C)c2c(c1C)Oc1c(c(C)c(OC)c3c1[C@H](O)OC3=O)OC2=O. The van der Waals surface area contributed by atoms with Gasteiger partial charge in [0, 0.05) is 11.1 Å². The van der Waals surface area contributed by atoms with Crippen molar-refractivity contribution in [3.8, 4) is 28.7 Å². The van der Waals surface area contributed by atoms with Crippen molar-refractivity contribution < 1.29 is 38.4 Å². The molecule has 0 spiro atoms. The minimum absolute atomic E-state index is 0.0366. The van der Waals surface area contributed by atoms with E-state index in [0.717, 1.165) is 0 Å². The van der Waals surface area contributed by atoms with E-state index in [4.69, 9.17) is 23.7 Å². The molecule has 28 heavy (non-hydrogen) atoms. The molecule has 8 nitrogen and oxygen atoms in total. The number of hydrogen-bond donors (Lipinski definition) is 1. The average molecular weight is 386 g/mol. The Labute approximate surface area is 160 Å². The molecule has 0 aromatic heterocycles. The molecule has 4 rings (SSSR count). The van der Waals surface area contributed by atoms with Gasteiger partial charge in [-0.1, -0.05) is 0 Å². The number of cyclic esters (lactones) is 1. The summed E-state index contributed by atoms with van der Waals surface area (Å²) in [6.45, 7) is 5.10. The molecule has 0 radical (unpaired) electrons. The van der Waals surface area contributed by atoms with Crippen molar-refractivity contribution >= 4 is 11.9 Å². The second-order valence-corrected chi connectivity index (χ2v) is 6.58. The standard InChI is InChI=1S/C20H18O8/c1-7-6-10(24-4)8(2)15-11(7)18(21)27-16-9(3)14(25-5)12-13(17(16)26-15)20(23)28-19(12)22/h6,20,23H,1-5H3/t20-/m1/s1. The van der Waals surface area contributed by atoms with Crippen LogP contribution in [0.2, 0.25) is 0 Å². The molecule has 0 bridgehead atoms. The fraction of sp³-hybridized carbons (Fsp3) is 0.300. The van der Waals surface area contributed by atoms with Crippen molar-refractivity contribution in [1.29, 1.82) is 0 Å². The van der Waals surface area contributed by atoms with Gasteiger partial charge >= 0.3 is 11.9 Å². The van der Waals surface area contributed by atoms with E-state index in [1.165, 1.54) is 14.2 Å². The van der Waals surface area contributed by atoms with Crippen LogP contribution in [0.15, 0.2) is 6.07 Å². The fourth-order valence-electron chi connectivity index (χ4n) is 3.65. The Bertz CT molecular complexity index is 1050. The molecule has 2 aliphatic heterocycles. The van der Waals surface area contributed by atoms with Gasteiger partial charge in [0.1, 0.15) is 28.4 Å². The number of esters is 2. The molecule has 8 heteroatoms. The van der Waals surface area contributed by atoms with E-state index in [9.17, 15) is 14.7 Å². The molecule has 2 heterocycles. The Morgan fingerprint density at radius 2 is 1.61 bits per heavy atom. The van der Waals surface area contributed by atoms with Gasteiger partial charge in [0.2, 0.25) is 6.29 Å². The molecular formula is C20H18O8. The van der Waals surface area contributed by atoms with Crippen LogP contribution in [0.1, 0.15) is 49.3 Å². The largest absolute Gasteiger partial charge is 0.496 e. The van der Waals surface area contributed by atoms with Crippen molar-refractivity contribution in [2.45, 2.75) is 27.1 Å². The number of fused-ring (bicyclic) bond motifs is 4. The van der Waals surface area contributed by atoms with Crippen LogP contribution in [0.4, 0.5) is 0 Å². The Morgan fingerprint density at radius 3 is 2.25 bits per heavy atom. The topological polar surface area (TPSA) is 101 Å². The molecule has 0 fully saturated rings. The van der Waals surface area contributed by atoms with Crippen molar-refractivity contribution in [1.82, 2.24) is 0 Å². The summed E-state index contributed by atoms with van der Waals surface area (Å²) in [5.74, 6) is -0.351. The number of carbonyl (C=O) groups is 2. The second kappa shape index (κ2) is 6.13. The maximum Gasteiger partial charge on any atom is 0.347 e. The smallest absolute Gasteiger partial charge is 0.347 e. The first kappa shape index (κ1) is 18.1. The van der Waals surface area contributed by atoms with E-state index in [1.54, 1.807) is 26.8 Å². The van der Waals surface area contributed by atoms with E-state index < -0.39 is 18.2 Å². The van der Waals surface area contributed by atoms with Crippen LogP contribution in [0.5, 0.6) is 28.7 Å². The lowest BCUT2D eigenvalue weighted by atomic mass is 10.0. The summed E-state index contributed by atoms with van der Waals surface area (Å²) in [5.41, 5.74) is 1.90. The molecule has 0 saturated carbocycles. The van der Waals surface area contributed by atoms with Crippen LogP contribution in [0.25, 0.3) is 0 Å². The average Bonchev–Trinajstić information content (AvgIpc) is 2.84. The van der Waals surface area contributed by atoms with Gasteiger partial charge in [-0.05, 0) is 32.4 Å². The van der Waals surface area contributed by atoms with Gasteiger partial charge in [-0.3, -0.25) is 0 Å². The summed E-state index contributed by atoms with van der Waals surface area (Å²) in [6, 6.07) is 1.72. The van der Waals surface area contributed by atoms with Gasteiger partial charge < -0.3 is 28.8 Å². The first-order valence-corrected chi connectivity index (χ1v) is 8.51. The lowest BCUT2D eigenvalue weighted by Crippen LogP contribution is -2.11. The number of rotatable bonds is 2. The minimum Gasteiger partial charge on any atom is -0.496 e. The number of benzene rings is 2. The molecule has 146 valence electrons. The van der Waals surface area contributed by atoms with E-state index in [1.807, 2.05) is 0 Å². The number of aryl methyl sites for hydroxylation is 1. The zero-order valence-electron chi connectivity index (χ0n) is 16.0. The number of methoxy groups -OCH3 is 2. The van der Waals surface area contributed by atoms with E-state index >= 15 is 0 Å². The number of ether oxygens (including phenoxy) is 5. The molecule has 0 amide bonds. The predicted octanol–water partition coefficient (Wildman–Crippen LogP) is 3.12. The predicted molar refractivity (Wildman–Crippen MR) is 95.6 cm³/mol. The van der Waals surface area contributed by atoms with E-state index in [-0.39, 0.29) is 39.7 Å². The molecule has 2 aromatic rings. The third-order valence-electron chi connectivity index (χ3n) is 5.00. The van der Waals surface area contributed by atoms with Crippen LogP contribution < -0.4 is 18.9 Å². The highest BCUT2D eigenvalue weighted by molar-refractivity contribution is 6.02. The quantitative estimate of drug-likeness (QED) is 0.621. The zero-order valence-corrected chi connectivity index (χ0v) is 16.0. The van der Waals surface area contributed by atoms with Crippen molar-refractivity contribution in [2.75, 3.05) is 14.2 Å². The van der Waals surface area contributed by atoms with Crippen LogP contribution in [0.3, 0.4) is 0 Å². The zero-order chi connectivity index (χ0) is 20.3. The van der Waals surface area contributed by atoms with Crippen molar-refractivity contribution in [3.63, 3.8) is 0 Å². The summed E-state index contributed by atoms with van der Waals surface area (Å²) >= 11 is 0. The molecular weight excluding hydrogens is 368 g/mol. The van der Waals surface area contributed by atoms with Crippen molar-refractivity contribution in [2.24, 2.45) is 0 Å². The Morgan fingerprint density at radius 1 is 0.893 bits per heavy atom. The first-order chi connectivity index (χ1) is 13.3. The van der Waals surface area contributed by atoms with E-state index in [0.29, 0.717) is 22.4 Å². The normalized spacial score (nSPS) is 16.9. The maximum absolute atomic E-state index is 12.9. The number of aliphatic hydroxyl groups excluding tert-OH is 1. The highest BCUT2D eigenvalue weighted by atomic mass is 16.6. The molecule has 0 saturated heterocycles. The van der Waals surface area contributed by atoms with Crippen LogP contribution >= 0.6 is 0 Å². The Kier molecular flexibility index (Phi) is 3.97. The molecule has 2 aromatic carbocycles. The third kappa shape index (κ3) is 2.27. The lowest BCUT2D eigenvalue weighted by molar-refractivity contribution is -0.0555. The Hall–Kier alpha value is -3.26. The second-order valence-electron chi connectivity index (χ2n) is 6.58. The van der Waals surface area contributed by atoms with Gasteiger partial charge in [0.25, 0.3) is 0 Å². The molecule has 0 aliphatic carbocycles. The lowest BCUT2D eigenvalue weighted by Gasteiger charge is -2.18. The molecule has 1 atom stereocenters. The van der Waals surface area contributed by atoms with Gasteiger partial charge in [-0.25, -0.2) is 9.59 Å². The molecule has 1 N–H and O–H groups in total. The van der Waals surface area contributed by atoms with Crippen LogP contribution in [-0.4, -0.2) is 31.3 Å². The van der Waals surface area contributed by atoms with Crippen molar-refractivity contribution in [3.05, 3.63) is 39.4 Å². The monoisotopic (exact) mass is 386 g/mol. The Balaban J connectivity index is 2.08. The highest BCUT2D eigenvalue weighted by Gasteiger charge is 2.42. The molecule has 2 aliphatic rings. The molecule has 0 unspecified atom stereocenters. The van der Waals surface area contributed by atoms with E-state index in [2.05, 4.69) is 0 Å². The number of aliphatic hydroxyl groups is 1. The number of carbonyl (C=O) groups excluding carboxylic acids is 2. The van der Waals surface area contributed by atoms with Crippen LogP contribution in [0, 0.1) is 20.8 Å². The summed E-state index contributed by atoms with van der Waals surface area (Å²) in [5, 5.41) is 10.3. The van der Waals surface area contributed by atoms with Gasteiger partial charge in [0.15, 0.2) is 11.5 Å². The first-order valence-electron chi connectivity index (χ1n) is 8.51. The minimum atomic E-state index is -1.57. The van der Waals surface area contributed by atoms with Gasteiger partial charge in [0.05, 0.1) is 19.8 Å². The fourth-order valence-corrected chi connectivity index (χ4v) is 3.65. The summed E-state index contributed by atoms with van der Waals surface area (Å²) < 4.78 is 27.3. The van der Waals surface area contributed by atoms with Gasteiger partial charge in [-0.15, -0.1) is 0 Å². The maximum atomic E-state index is 12.9. The summed E-state index contributed by atoms with van der Waals surface area (Å²) in [6.07, 6.45) is -1.57. The van der Waals surface area contributed by atoms with Gasteiger partial charge in [-0.2, -0.15) is 0 Å². The number of hydrogen-bond acceptors (Lipinski definition) is 8. The summed E-state index contributed by atoms with van der Waals surface area (Å²) in [4.78, 5) is 25.2. The van der Waals surface area contributed by atoms with Crippen LogP contribution in [-0.2, 0) is 4.74 Å². The highest BCUT2D eigenvalue weighted by Crippen LogP contribution is 2.53. The summed E-state index contributed by atoms with van der Waals surface area (Å²) in [7, 11) is 2.89.